The van der Waals surface area contributed by atoms with Gasteiger partial charge in [-0.3, -0.25) is 0 Å². The molecule has 7 heteroatoms. The van der Waals surface area contributed by atoms with E-state index in [1.165, 1.54) is 16.4 Å². The van der Waals surface area contributed by atoms with Gasteiger partial charge in [-0.2, -0.15) is 4.31 Å². The Morgan fingerprint density at radius 2 is 2.14 bits per heavy atom. The van der Waals surface area contributed by atoms with Gasteiger partial charge in [-0.15, -0.1) is 0 Å². The van der Waals surface area contributed by atoms with Crippen LogP contribution in [0.3, 0.4) is 0 Å². The molecule has 1 atom stereocenters. The first-order valence-corrected chi connectivity index (χ1v) is 9.07. The molecule has 1 saturated carbocycles. The molecule has 1 aliphatic carbocycles. The molecule has 0 radical (unpaired) electrons. The van der Waals surface area contributed by atoms with Crippen molar-refractivity contribution in [2.45, 2.75) is 30.7 Å². The molecule has 0 aliphatic heterocycles. The van der Waals surface area contributed by atoms with E-state index >= 15 is 0 Å². The highest BCUT2D eigenvalue weighted by atomic mass is 79.9. The fourth-order valence-electron chi connectivity index (χ4n) is 2.35. The lowest BCUT2D eigenvalue weighted by Crippen LogP contribution is -2.42. The van der Waals surface area contributed by atoms with Crippen molar-refractivity contribution in [2.75, 3.05) is 20.3 Å². The summed E-state index contributed by atoms with van der Waals surface area (Å²) in [4.78, 5) is 0.0903. The molecule has 118 valence electrons. The van der Waals surface area contributed by atoms with E-state index in [2.05, 4.69) is 15.9 Å². The van der Waals surface area contributed by atoms with Crippen molar-refractivity contribution in [2.24, 2.45) is 5.92 Å². The van der Waals surface area contributed by atoms with Crippen molar-refractivity contribution in [3.05, 3.63) is 28.5 Å². The van der Waals surface area contributed by atoms with Crippen LogP contribution in [0.2, 0.25) is 0 Å². The summed E-state index contributed by atoms with van der Waals surface area (Å²) in [7, 11) is -2.14. The number of rotatable bonds is 7. The van der Waals surface area contributed by atoms with Gasteiger partial charge in [0.25, 0.3) is 0 Å². The summed E-state index contributed by atoms with van der Waals surface area (Å²) in [5.74, 6) is -0.0737. The summed E-state index contributed by atoms with van der Waals surface area (Å²) in [5.41, 5.74) is 0. The Morgan fingerprint density at radius 3 is 2.67 bits per heavy atom. The SMILES string of the molecule is COCCN(C(C)C1CC1)S(=O)(=O)c1ccc(F)cc1Br. The molecule has 2 rings (SSSR count). The standard InChI is InChI=1S/C14H19BrFNO3S/c1-10(11-3-4-11)17(7-8-20-2)21(18,19)14-6-5-12(16)9-13(14)15/h5-6,9-11H,3-4,7-8H2,1-2H3. The second kappa shape index (κ2) is 6.73. The second-order valence-electron chi connectivity index (χ2n) is 5.26. The molecule has 0 saturated heterocycles. The number of nitrogens with zero attached hydrogens (tertiary/aromatic N) is 1. The molecule has 21 heavy (non-hydrogen) atoms. The summed E-state index contributed by atoms with van der Waals surface area (Å²) in [6.07, 6.45) is 2.09. The van der Waals surface area contributed by atoms with Crippen LogP contribution < -0.4 is 0 Å². The number of benzene rings is 1. The van der Waals surface area contributed by atoms with Gasteiger partial charge in [-0.05, 0) is 59.8 Å². The minimum atomic E-state index is -3.69. The number of halogens is 2. The number of sulfonamides is 1. The molecule has 0 amide bonds. The lowest BCUT2D eigenvalue weighted by Gasteiger charge is -2.28. The highest BCUT2D eigenvalue weighted by Gasteiger charge is 2.38. The first-order chi connectivity index (χ1) is 9.87. The zero-order chi connectivity index (χ0) is 15.6. The monoisotopic (exact) mass is 379 g/mol. The quantitative estimate of drug-likeness (QED) is 0.731. The van der Waals surface area contributed by atoms with Gasteiger partial charge in [0.05, 0.1) is 11.5 Å². The van der Waals surface area contributed by atoms with Crippen LogP contribution >= 0.6 is 15.9 Å². The van der Waals surface area contributed by atoms with Crippen molar-refractivity contribution in [3.8, 4) is 0 Å². The lowest BCUT2D eigenvalue weighted by atomic mass is 10.2. The van der Waals surface area contributed by atoms with Crippen LogP contribution in [-0.2, 0) is 14.8 Å². The summed E-state index contributed by atoms with van der Waals surface area (Å²) in [6, 6.07) is 3.55. The maximum atomic E-state index is 13.2. The highest BCUT2D eigenvalue weighted by molar-refractivity contribution is 9.10. The Hall–Kier alpha value is -0.500. The highest BCUT2D eigenvalue weighted by Crippen LogP contribution is 2.38. The zero-order valence-corrected chi connectivity index (χ0v) is 14.5. The largest absolute Gasteiger partial charge is 0.383 e. The van der Waals surface area contributed by atoms with Crippen LogP contribution in [0.15, 0.2) is 27.6 Å². The summed E-state index contributed by atoms with van der Waals surface area (Å²) >= 11 is 3.14. The lowest BCUT2D eigenvalue weighted by molar-refractivity contribution is 0.164. The number of hydrogen-bond acceptors (Lipinski definition) is 3. The normalized spacial score (nSPS) is 17.2. The molecular weight excluding hydrogens is 361 g/mol. The first-order valence-electron chi connectivity index (χ1n) is 6.83. The van der Waals surface area contributed by atoms with E-state index in [-0.39, 0.29) is 15.4 Å². The van der Waals surface area contributed by atoms with Crippen molar-refractivity contribution < 1.29 is 17.5 Å². The maximum Gasteiger partial charge on any atom is 0.244 e. The summed E-state index contributed by atoms with van der Waals surface area (Å²) in [5, 5.41) is 0. The minimum absolute atomic E-state index is 0.0814. The fraction of sp³-hybridized carbons (Fsp3) is 0.571. The Balaban J connectivity index is 2.35. The van der Waals surface area contributed by atoms with Crippen LogP contribution in [0.1, 0.15) is 19.8 Å². The molecule has 0 N–H and O–H groups in total. The van der Waals surface area contributed by atoms with Crippen LogP contribution in [0.25, 0.3) is 0 Å². The molecule has 1 aromatic carbocycles. The fourth-order valence-corrected chi connectivity index (χ4v) is 5.04. The van der Waals surface area contributed by atoms with Gasteiger partial charge in [0.15, 0.2) is 0 Å². The van der Waals surface area contributed by atoms with Crippen LogP contribution in [0, 0.1) is 11.7 Å². The Kier molecular flexibility index (Phi) is 5.40. The van der Waals surface area contributed by atoms with E-state index in [9.17, 15) is 12.8 Å². The van der Waals surface area contributed by atoms with Crippen LogP contribution in [0.5, 0.6) is 0 Å². The molecule has 0 heterocycles. The smallest absolute Gasteiger partial charge is 0.244 e. The molecule has 1 aliphatic rings. The van der Waals surface area contributed by atoms with E-state index in [1.54, 1.807) is 7.11 Å². The summed E-state index contributed by atoms with van der Waals surface area (Å²) < 4.78 is 45.6. The summed E-state index contributed by atoms with van der Waals surface area (Å²) in [6.45, 7) is 2.54. The zero-order valence-electron chi connectivity index (χ0n) is 12.1. The van der Waals surface area contributed by atoms with Crippen molar-refractivity contribution in [1.82, 2.24) is 4.31 Å². The third kappa shape index (κ3) is 3.83. The molecular formula is C14H19BrFNO3S. The Bertz CT molecular complexity index is 604. The van der Waals surface area contributed by atoms with Gasteiger partial charge < -0.3 is 4.74 Å². The number of hydrogen-bond donors (Lipinski definition) is 0. The van der Waals surface area contributed by atoms with E-state index in [0.29, 0.717) is 19.1 Å². The molecule has 0 aromatic heterocycles. The number of methoxy groups -OCH3 is 1. The van der Waals surface area contributed by atoms with Crippen LogP contribution in [-0.4, -0.2) is 39.0 Å². The topological polar surface area (TPSA) is 46.6 Å². The minimum Gasteiger partial charge on any atom is -0.383 e. The first kappa shape index (κ1) is 16.9. The van der Waals surface area contributed by atoms with E-state index in [0.717, 1.165) is 18.9 Å². The van der Waals surface area contributed by atoms with Gasteiger partial charge in [0.1, 0.15) is 5.82 Å². The molecule has 0 spiro atoms. The maximum absolute atomic E-state index is 13.2. The van der Waals surface area contributed by atoms with Crippen molar-refractivity contribution in [1.29, 1.82) is 0 Å². The average Bonchev–Trinajstić information content (AvgIpc) is 3.22. The Labute approximate surface area is 133 Å². The molecule has 1 unspecified atom stereocenters. The molecule has 0 bridgehead atoms. The number of ether oxygens (including phenoxy) is 1. The van der Waals surface area contributed by atoms with E-state index in [1.807, 2.05) is 6.92 Å². The van der Waals surface area contributed by atoms with E-state index < -0.39 is 15.8 Å². The van der Waals surface area contributed by atoms with Crippen LogP contribution in [0.4, 0.5) is 4.39 Å². The van der Waals surface area contributed by atoms with Gasteiger partial charge >= 0.3 is 0 Å². The second-order valence-corrected chi connectivity index (χ2v) is 7.97. The van der Waals surface area contributed by atoms with Crippen molar-refractivity contribution >= 4 is 26.0 Å². The predicted octanol–water partition coefficient (Wildman–Crippen LogP) is 3.02. The Morgan fingerprint density at radius 1 is 1.48 bits per heavy atom. The van der Waals surface area contributed by atoms with Gasteiger partial charge in [-0.25, -0.2) is 12.8 Å². The van der Waals surface area contributed by atoms with Gasteiger partial charge in [-0.1, -0.05) is 0 Å². The molecule has 1 fully saturated rings. The van der Waals surface area contributed by atoms with Crippen molar-refractivity contribution in [3.63, 3.8) is 0 Å². The third-order valence-corrected chi connectivity index (χ3v) is 6.72. The third-order valence-electron chi connectivity index (χ3n) is 3.75. The average molecular weight is 380 g/mol. The van der Waals surface area contributed by atoms with Gasteiger partial charge in [0, 0.05) is 24.2 Å². The predicted molar refractivity (Wildman–Crippen MR) is 82.1 cm³/mol. The molecule has 4 nitrogen and oxygen atoms in total. The van der Waals surface area contributed by atoms with Gasteiger partial charge in [0.2, 0.25) is 10.0 Å². The van der Waals surface area contributed by atoms with E-state index in [4.69, 9.17) is 4.74 Å². The molecule has 1 aromatic rings.